The minimum Gasteiger partial charge on any atom is -0.465 e. The van der Waals surface area contributed by atoms with Gasteiger partial charge in [0.1, 0.15) is 0 Å². The highest BCUT2D eigenvalue weighted by Crippen LogP contribution is 2.43. The third-order valence-corrected chi connectivity index (χ3v) is 2.24. The normalized spacial score (nSPS) is 42.6. The summed E-state index contributed by atoms with van der Waals surface area (Å²) in [4.78, 5) is 10.1. The second-order valence-electron chi connectivity index (χ2n) is 2.84. The van der Waals surface area contributed by atoms with Crippen LogP contribution in [0.2, 0.25) is 0 Å². The van der Waals surface area contributed by atoms with Crippen molar-refractivity contribution in [3.05, 3.63) is 0 Å². The lowest BCUT2D eigenvalue weighted by Crippen LogP contribution is -2.27. The molecule has 1 saturated carbocycles. The third kappa shape index (κ3) is 0.759. The molecule has 1 heterocycles. The zero-order chi connectivity index (χ0) is 7.14. The number of amides is 1. The van der Waals surface area contributed by atoms with E-state index in [1.54, 1.807) is 0 Å². The molecule has 0 aromatic carbocycles. The van der Waals surface area contributed by atoms with Crippen LogP contribution in [0.5, 0.6) is 0 Å². The molecule has 1 aliphatic heterocycles. The molecule has 2 rings (SSSR count). The van der Waals surface area contributed by atoms with E-state index in [9.17, 15) is 4.79 Å². The molecule has 2 unspecified atom stereocenters. The molecule has 10 heavy (non-hydrogen) atoms. The number of hydrogen-bond donors (Lipinski definition) is 2. The van der Waals surface area contributed by atoms with Crippen LogP contribution >= 0.6 is 0 Å². The predicted octanol–water partition coefficient (Wildman–Crippen LogP) is -0.101. The van der Waals surface area contributed by atoms with Crippen molar-refractivity contribution in [1.82, 2.24) is 5.32 Å². The Bertz CT molecular complexity index is 160. The molecule has 2 aliphatic rings. The first-order chi connectivity index (χ1) is 4.79. The second-order valence-corrected chi connectivity index (χ2v) is 2.84. The molecule has 0 aromatic heterocycles. The quantitative estimate of drug-likeness (QED) is 0.538. The first-order valence-corrected chi connectivity index (χ1v) is 3.36. The van der Waals surface area contributed by atoms with Crippen LogP contribution in [0, 0.1) is 11.8 Å². The standard InChI is InChI=1S/C6H9NO3/c8-6(9)7-5-3-1-10-2-4(3)5/h3-5,7H,1-2H2,(H,8,9). The first kappa shape index (κ1) is 5.97. The highest BCUT2D eigenvalue weighted by Gasteiger charge is 2.54. The molecule has 0 aromatic rings. The van der Waals surface area contributed by atoms with Gasteiger partial charge in [0.2, 0.25) is 0 Å². The molecule has 2 atom stereocenters. The summed E-state index contributed by atoms with van der Waals surface area (Å²) in [5, 5.41) is 10.8. The zero-order valence-corrected chi connectivity index (χ0v) is 5.41. The van der Waals surface area contributed by atoms with E-state index in [1.165, 1.54) is 0 Å². The largest absolute Gasteiger partial charge is 0.465 e. The van der Waals surface area contributed by atoms with E-state index in [0.29, 0.717) is 11.8 Å². The van der Waals surface area contributed by atoms with E-state index in [0.717, 1.165) is 13.2 Å². The fourth-order valence-electron chi connectivity index (χ4n) is 1.60. The monoisotopic (exact) mass is 143 g/mol. The Labute approximate surface area is 58.2 Å². The zero-order valence-electron chi connectivity index (χ0n) is 5.41. The number of nitrogens with one attached hydrogen (secondary N) is 1. The van der Waals surface area contributed by atoms with Gasteiger partial charge in [-0.25, -0.2) is 4.79 Å². The summed E-state index contributed by atoms with van der Waals surface area (Å²) < 4.78 is 5.09. The van der Waals surface area contributed by atoms with Crippen molar-refractivity contribution in [3.8, 4) is 0 Å². The summed E-state index contributed by atoms with van der Waals surface area (Å²) in [7, 11) is 0. The number of carboxylic acid groups (broad SMARTS) is 1. The van der Waals surface area contributed by atoms with Crippen LogP contribution in [-0.2, 0) is 4.74 Å². The van der Waals surface area contributed by atoms with Gasteiger partial charge in [0.05, 0.1) is 13.2 Å². The minimum absolute atomic E-state index is 0.186. The van der Waals surface area contributed by atoms with Crippen LogP contribution in [0.25, 0.3) is 0 Å². The molecular weight excluding hydrogens is 134 g/mol. The van der Waals surface area contributed by atoms with Crippen molar-refractivity contribution >= 4 is 6.09 Å². The van der Waals surface area contributed by atoms with Crippen LogP contribution in [0.3, 0.4) is 0 Å². The van der Waals surface area contributed by atoms with Crippen molar-refractivity contribution in [2.45, 2.75) is 6.04 Å². The molecule has 0 radical (unpaired) electrons. The van der Waals surface area contributed by atoms with E-state index in [1.807, 2.05) is 0 Å². The van der Waals surface area contributed by atoms with Crippen LogP contribution < -0.4 is 5.32 Å². The molecule has 2 fully saturated rings. The molecule has 4 nitrogen and oxygen atoms in total. The summed E-state index contributed by atoms with van der Waals surface area (Å²) in [6, 6.07) is 0.186. The number of rotatable bonds is 1. The Morgan fingerprint density at radius 3 is 2.60 bits per heavy atom. The number of ether oxygens (including phenoxy) is 1. The third-order valence-electron chi connectivity index (χ3n) is 2.24. The van der Waals surface area contributed by atoms with Crippen LogP contribution in [-0.4, -0.2) is 30.5 Å². The van der Waals surface area contributed by atoms with E-state index in [2.05, 4.69) is 5.32 Å². The molecule has 1 saturated heterocycles. The van der Waals surface area contributed by atoms with Crippen LogP contribution in [0.1, 0.15) is 0 Å². The highest BCUT2D eigenvalue weighted by molar-refractivity contribution is 5.65. The molecule has 4 heteroatoms. The molecule has 2 N–H and O–H groups in total. The van der Waals surface area contributed by atoms with Gasteiger partial charge in [-0.1, -0.05) is 0 Å². The number of carbonyl (C=O) groups is 1. The fourth-order valence-corrected chi connectivity index (χ4v) is 1.60. The van der Waals surface area contributed by atoms with Crippen molar-refractivity contribution in [2.24, 2.45) is 11.8 Å². The van der Waals surface area contributed by atoms with E-state index in [-0.39, 0.29) is 6.04 Å². The summed E-state index contributed by atoms with van der Waals surface area (Å²) >= 11 is 0. The van der Waals surface area contributed by atoms with E-state index >= 15 is 0 Å². The van der Waals surface area contributed by atoms with Gasteiger partial charge in [-0.3, -0.25) is 0 Å². The van der Waals surface area contributed by atoms with Gasteiger partial charge in [-0.2, -0.15) is 0 Å². The molecule has 0 spiro atoms. The Hall–Kier alpha value is -0.770. The highest BCUT2D eigenvalue weighted by atomic mass is 16.5. The molecule has 1 amide bonds. The summed E-state index contributed by atoms with van der Waals surface area (Å²) in [6.07, 6.45) is -0.917. The van der Waals surface area contributed by atoms with Gasteiger partial charge >= 0.3 is 6.09 Å². The summed E-state index contributed by atoms with van der Waals surface area (Å²) in [5.74, 6) is 0.937. The second kappa shape index (κ2) is 1.85. The molecule has 1 aliphatic carbocycles. The van der Waals surface area contributed by atoms with E-state index < -0.39 is 6.09 Å². The molecule has 0 bridgehead atoms. The van der Waals surface area contributed by atoms with Gasteiger partial charge in [0.25, 0.3) is 0 Å². The molecular formula is C6H9NO3. The maximum absolute atomic E-state index is 10.1. The lowest BCUT2D eigenvalue weighted by Gasteiger charge is -2.01. The minimum atomic E-state index is -0.917. The average molecular weight is 143 g/mol. The van der Waals surface area contributed by atoms with E-state index in [4.69, 9.17) is 9.84 Å². The number of hydrogen-bond acceptors (Lipinski definition) is 2. The first-order valence-electron chi connectivity index (χ1n) is 3.36. The summed E-state index contributed by atoms with van der Waals surface area (Å²) in [6.45, 7) is 1.46. The Morgan fingerprint density at radius 2 is 2.10 bits per heavy atom. The SMILES string of the molecule is O=C(O)NC1C2COCC21. The van der Waals surface area contributed by atoms with Crippen molar-refractivity contribution in [2.75, 3.05) is 13.2 Å². The Balaban J connectivity index is 1.84. The van der Waals surface area contributed by atoms with Crippen LogP contribution in [0.4, 0.5) is 4.79 Å². The maximum Gasteiger partial charge on any atom is 0.404 e. The topological polar surface area (TPSA) is 58.6 Å². The van der Waals surface area contributed by atoms with Gasteiger partial charge in [0.15, 0.2) is 0 Å². The van der Waals surface area contributed by atoms with Crippen molar-refractivity contribution < 1.29 is 14.6 Å². The van der Waals surface area contributed by atoms with Crippen LogP contribution in [0.15, 0.2) is 0 Å². The summed E-state index contributed by atoms with van der Waals surface area (Å²) in [5.41, 5.74) is 0. The number of fused-ring (bicyclic) bond motifs is 1. The molecule has 56 valence electrons. The maximum atomic E-state index is 10.1. The smallest absolute Gasteiger partial charge is 0.404 e. The van der Waals surface area contributed by atoms with Gasteiger partial charge in [0, 0.05) is 17.9 Å². The Morgan fingerprint density at radius 1 is 1.50 bits per heavy atom. The Kier molecular flexibility index (Phi) is 1.11. The lowest BCUT2D eigenvalue weighted by molar-refractivity contribution is 0.151. The van der Waals surface area contributed by atoms with Gasteiger partial charge < -0.3 is 15.2 Å². The lowest BCUT2D eigenvalue weighted by atomic mass is 10.4. The predicted molar refractivity (Wildman–Crippen MR) is 32.7 cm³/mol. The van der Waals surface area contributed by atoms with Crippen molar-refractivity contribution in [1.29, 1.82) is 0 Å². The van der Waals surface area contributed by atoms with Gasteiger partial charge in [-0.05, 0) is 0 Å². The van der Waals surface area contributed by atoms with Gasteiger partial charge in [-0.15, -0.1) is 0 Å². The van der Waals surface area contributed by atoms with Crippen molar-refractivity contribution in [3.63, 3.8) is 0 Å². The fraction of sp³-hybridized carbons (Fsp3) is 0.833. The average Bonchev–Trinajstić information content (AvgIpc) is 2.40.